The molecule has 0 aliphatic carbocycles. The van der Waals surface area contributed by atoms with Crippen molar-refractivity contribution in [2.45, 2.75) is 26.4 Å². The van der Waals surface area contributed by atoms with E-state index >= 15 is 0 Å². The molecule has 5 heteroatoms. The maximum Gasteiger partial charge on any atom is 0.419 e. The molecule has 0 bridgehead atoms. The topological polar surface area (TPSA) is 44.1 Å². The molecule has 23 heavy (non-hydrogen) atoms. The van der Waals surface area contributed by atoms with Crippen LogP contribution in [0, 0.1) is 5.82 Å². The van der Waals surface area contributed by atoms with Crippen molar-refractivity contribution >= 4 is 17.1 Å². The van der Waals surface area contributed by atoms with E-state index in [-0.39, 0.29) is 5.82 Å². The quantitative estimate of drug-likeness (QED) is 0.658. The fourth-order valence-corrected chi connectivity index (χ4v) is 2.36. The molecule has 0 N–H and O–H groups in total. The van der Waals surface area contributed by atoms with Crippen LogP contribution in [-0.2, 0) is 4.74 Å². The Morgan fingerprint density at radius 1 is 1.17 bits per heavy atom. The van der Waals surface area contributed by atoms with Crippen LogP contribution in [0.15, 0.2) is 48.8 Å². The van der Waals surface area contributed by atoms with Gasteiger partial charge in [-0.3, -0.25) is 9.55 Å². The summed E-state index contributed by atoms with van der Waals surface area (Å²) in [6, 6.07) is 9.66. The number of aromatic nitrogens is 2. The van der Waals surface area contributed by atoms with Crippen LogP contribution in [0.5, 0.6) is 0 Å². The number of benzene rings is 1. The van der Waals surface area contributed by atoms with Crippen LogP contribution in [0.3, 0.4) is 0 Å². The molecule has 0 saturated carbocycles. The summed E-state index contributed by atoms with van der Waals surface area (Å²) >= 11 is 0. The second kappa shape index (κ2) is 5.50. The molecule has 0 unspecified atom stereocenters. The average Bonchev–Trinajstić information content (AvgIpc) is 2.86. The van der Waals surface area contributed by atoms with Gasteiger partial charge < -0.3 is 4.74 Å². The van der Waals surface area contributed by atoms with Gasteiger partial charge in [0.2, 0.25) is 0 Å². The molecule has 1 aromatic carbocycles. The van der Waals surface area contributed by atoms with Crippen LogP contribution >= 0.6 is 0 Å². The number of halogens is 1. The van der Waals surface area contributed by atoms with Crippen LogP contribution in [0.2, 0.25) is 0 Å². The molecule has 0 radical (unpaired) electrons. The highest BCUT2D eigenvalue weighted by Crippen LogP contribution is 2.29. The summed E-state index contributed by atoms with van der Waals surface area (Å²) in [5.74, 6) is -0.308. The number of rotatable bonds is 1. The van der Waals surface area contributed by atoms with E-state index < -0.39 is 11.7 Å². The first-order valence-corrected chi connectivity index (χ1v) is 7.30. The van der Waals surface area contributed by atoms with E-state index in [1.54, 1.807) is 36.7 Å². The molecule has 3 aromatic rings. The molecule has 0 saturated heterocycles. The van der Waals surface area contributed by atoms with Crippen molar-refractivity contribution < 1.29 is 13.9 Å². The first-order chi connectivity index (χ1) is 10.8. The fourth-order valence-electron chi connectivity index (χ4n) is 2.36. The summed E-state index contributed by atoms with van der Waals surface area (Å²) in [5.41, 5.74) is 2.28. The summed E-state index contributed by atoms with van der Waals surface area (Å²) in [7, 11) is 0. The fraction of sp³-hybridized carbons (Fsp3) is 0.222. The SMILES string of the molecule is CC(C)(C)OC(=O)n1cc(-c2ccc(F)cc2)c2ncccc21. The van der Waals surface area contributed by atoms with Gasteiger partial charge in [0.1, 0.15) is 11.4 Å². The Morgan fingerprint density at radius 3 is 2.52 bits per heavy atom. The highest BCUT2D eigenvalue weighted by Gasteiger charge is 2.21. The van der Waals surface area contributed by atoms with Crippen molar-refractivity contribution in [3.8, 4) is 11.1 Å². The van der Waals surface area contributed by atoms with Gasteiger partial charge in [0, 0.05) is 18.0 Å². The second-order valence-corrected chi connectivity index (χ2v) is 6.27. The lowest BCUT2D eigenvalue weighted by atomic mass is 10.1. The minimum atomic E-state index is -0.591. The first-order valence-electron chi connectivity index (χ1n) is 7.30. The van der Waals surface area contributed by atoms with Crippen LogP contribution in [0.1, 0.15) is 20.8 Å². The van der Waals surface area contributed by atoms with E-state index in [2.05, 4.69) is 4.98 Å². The molecule has 0 fully saturated rings. The van der Waals surface area contributed by atoms with Gasteiger partial charge in [-0.1, -0.05) is 12.1 Å². The van der Waals surface area contributed by atoms with E-state index in [0.717, 1.165) is 11.1 Å². The van der Waals surface area contributed by atoms with Crippen molar-refractivity contribution in [2.24, 2.45) is 0 Å². The smallest absolute Gasteiger partial charge is 0.419 e. The van der Waals surface area contributed by atoms with Crippen molar-refractivity contribution in [1.82, 2.24) is 9.55 Å². The molecule has 2 heterocycles. The van der Waals surface area contributed by atoms with E-state index in [9.17, 15) is 9.18 Å². The lowest BCUT2D eigenvalue weighted by molar-refractivity contribution is 0.0544. The largest absolute Gasteiger partial charge is 0.443 e. The van der Waals surface area contributed by atoms with Crippen molar-refractivity contribution in [1.29, 1.82) is 0 Å². The molecular weight excluding hydrogens is 295 g/mol. The number of hydrogen-bond acceptors (Lipinski definition) is 3. The summed E-state index contributed by atoms with van der Waals surface area (Å²) in [6.07, 6.45) is 2.87. The zero-order valence-electron chi connectivity index (χ0n) is 13.2. The molecule has 0 aliphatic heterocycles. The number of nitrogens with zero attached hydrogens (tertiary/aromatic N) is 2. The van der Waals surface area contributed by atoms with Crippen molar-refractivity contribution in [3.05, 3.63) is 54.6 Å². The minimum Gasteiger partial charge on any atom is -0.443 e. The predicted octanol–water partition coefficient (Wildman–Crippen LogP) is 4.63. The zero-order valence-corrected chi connectivity index (χ0v) is 13.2. The third-order valence-electron chi connectivity index (χ3n) is 3.30. The first kappa shape index (κ1) is 15.2. The molecular formula is C18H17FN2O2. The molecule has 0 atom stereocenters. The van der Waals surface area contributed by atoms with Gasteiger partial charge in [0.25, 0.3) is 0 Å². The van der Waals surface area contributed by atoms with E-state index in [1.807, 2.05) is 20.8 Å². The standard InChI is InChI=1S/C18H17FN2O2/c1-18(2,3)23-17(22)21-11-14(12-6-8-13(19)9-7-12)16-15(21)5-4-10-20-16/h4-11H,1-3H3. The highest BCUT2D eigenvalue weighted by molar-refractivity contribution is 5.98. The average molecular weight is 312 g/mol. The number of carbonyl (C=O) groups is 1. The van der Waals surface area contributed by atoms with Crippen molar-refractivity contribution in [2.75, 3.05) is 0 Å². The molecule has 118 valence electrons. The lowest BCUT2D eigenvalue weighted by Gasteiger charge is -2.19. The summed E-state index contributed by atoms with van der Waals surface area (Å²) in [4.78, 5) is 16.8. The van der Waals surface area contributed by atoms with E-state index in [4.69, 9.17) is 4.74 Å². The maximum atomic E-state index is 13.1. The normalized spacial score (nSPS) is 11.7. The zero-order chi connectivity index (χ0) is 16.6. The lowest BCUT2D eigenvalue weighted by Crippen LogP contribution is -2.26. The Morgan fingerprint density at radius 2 is 1.87 bits per heavy atom. The second-order valence-electron chi connectivity index (χ2n) is 6.27. The molecule has 0 amide bonds. The van der Waals surface area contributed by atoms with Gasteiger partial charge >= 0.3 is 6.09 Å². The number of ether oxygens (including phenoxy) is 1. The van der Waals surface area contributed by atoms with Crippen LogP contribution < -0.4 is 0 Å². The Kier molecular flexibility index (Phi) is 3.64. The van der Waals surface area contributed by atoms with Gasteiger partial charge in [0.05, 0.1) is 11.0 Å². The predicted molar refractivity (Wildman–Crippen MR) is 86.8 cm³/mol. The van der Waals surface area contributed by atoms with Gasteiger partial charge in [-0.2, -0.15) is 0 Å². The number of fused-ring (bicyclic) bond motifs is 1. The van der Waals surface area contributed by atoms with Crippen LogP contribution in [-0.4, -0.2) is 21.2 Å². The molecule has 4 nitrogen and oxygen atoms in total. The number of hydrogen-bond donors (Lipinski definition) is 0. The molecule has 2 aromatic heterocycles. The van der Waals surface area contributed by atoms with Crippen LogP contribution in [0.25, 0.3) is 22.2 Å². The minimum absolute atomic E-state index is 0.308. The van der Waals surface area contributed by atoms with Gasteiger partial charge in [-0.05, 0) is 50.6 Å². The Labute approximate surface area is 133 Å². The summed E-state index contributed by atoms with van der Waals surface area (Å²) < 4.78 is 20.0. The number of carbonyl (C=O) groups excluding carboxylic acids is 1. The third kappa shape index (κ3) is 3.08. The Balaban J connectivity index is 2.14. The summed E-state index contributed by atoms with van der Waals surface area (Å²) in [5, 5.41) is 0. The monoisotopic (exact) mass is 312 g/mol. The highest BCUT2D eigenvalue weighted by atomic mass is 19.1. The third-order valence-corrected chi connectivity index (χ3v) is 3.30. The van der Waals surface area contributed by atoms with Gasteiger partial charge in [0.15, 0.2) is 0 Å². The Hall–Kier alpha value is -2.69. The summed E-state index contributed by atoms with van der Waals surface area (Å²) in [6.45, 7) is 5.45. The van der Waals surface area contributed by atoms with Gasteiger partial charge in [-0.15, -0.1) is 0 Å². The van der Waals surface area contributed by atoms with Crippen LogP contribution in [0.4, 0.5) is 9.18 Å². The van der Waals surface area contributed by atoms with Crippen molar-refractivity contribution in [3.63, 3.8) is 0 Å². The molecule has 0 spiro atoms. The van der Waals surface area contributed by atoms with E-state index in [0.29, 0.717) is 11.0 Å². The van der Waals surface area contributed by atoms with E-state index in [1.165, 1.54) is 16.7 Å². The molecule has 0 aliphatic rings. The molecule has 3 rings (SSSR count). The maximum absolute atomic E-state index is 13.1. The number of pyridine rings is 1. The van der Waals surface area contributed by atoms with Gasteiger partial charge in [-0.25, -0.2) is 9.18 Å². The Bertz CT molecular complexity index is 861.